The fourth-order valence-electron chi connectivity index (χ4n) is 6.28. The Labute approximate surface area is 156 Å². The van der Waals surface area contributed by atoms with Crippen LogP contribution in [0.1, 0.15) is 44.9 Å². The molecule has 2 heterocycles. The first-order valence-electron chi connectivity index (χ1n) is 10.6. The average molecular weight is 345 g/mol. The van der Waals surface area contributed by atoms with E-state index >= 15 is 0 Å². The average Bonchev–Trinajstić information content (AvgIpc) is 3.23. The summed E-state index contributed by atoms with van der Waals surface area (Å²) >= 11 is 0. The number of nitrogens with one attached hydrogen (secondary N) is 1. The van der Waals surface area contributed by atoms with Crippen LogP contribution in [0.4, 0.5) is 0 Å². The molecule has 26 heavy (non-hydrogen) atoms. The van der Waals surface area contributed by atoms with Gasteiger partial charge in [0, 0.05) is 34.8 Å². The van der Waals surface area contributed by atoms with Crippen molar-refractivity contribution in [1.29, 1.82) is 0 Å². The molecule has 0 aromatic carbocycles. The molecule has 0 amide bonds. The van der Waals surface area contributed by atoms with Crippen molar-refractivity contribution in [3.05, 3.63) is 71.3 Å². The maximum Gasteiger partial charge on any atom is 0.0585 e. The minimum Gasteiger partial charge on any atom is -0.381 e. The highest BCUT2D eigenvalue weighted by Gasteiger charge is 2.44. The lowest BCUT2D eigenvalue weighted by Gasteiger charge is -2.35. The molecule has 6 rings (SSSR count). The molecule has 134 valence electrons. The third-order valence-electron chi connectivity index (χ3n) is 7.44. The second kappa shape index (κ2) is 5.77. The highest BCUT2D eigenvalue weighted by molar-refractivity contribution is 5.43. The van der Waals surface area contributed by atoms with E-state index in [9.17, 15) is 0 Å². The van der Waals surface area contributed by atoms with Gasteiger partial charge in [-0.15, -0.1) is 0 Å². The molecule has 1 saturated heterocycles. The molecule has 2 aliphatic heterocycles. The number of hydrogen-bond acceptors (Lipinski definition) is 2. The first-order chi connectivity index (χ1) is 12.9. The summed E-state index contributed by atoms with van der Waals surface area (Å²) in [5.41, 5.74) is 6.39. The van der Waals surface area contributed by atoms with Crippen LogP contribution in [0.3, 0.4) is 0 Å². The molecule has 6 aliphatic rings. The van der Waals surface area contributed by atoms with Crippen LogP contribution < -0.4 is 5.32 Å². The topological polar surface area (TPSA) is 15.3 Å². The molecule has 4 aliphatic carbocycles. The monoisotopic (exact) mass is 344 g/mol. The Bertz CT molecular complexity index is 806. The van der Waals surface area contributed by atoms with E-state index in [-0.39, 0.29) is 0 Å². The number of rotatable bonds is 1. The standard InChI is InChI=1S/C24H28N2/c1-4-10-21-17(7-1)20-15-16(13-14-22(20)25-21)26-23-11-5-2-8-18(23)19-9-3-6-12-24(19)26/h1,4-5,10-11,13-15,17-18,20,22-23,25H,2-3,6-9,12H2. The zero-order valence-electron chi connectivity index (χ0n) is 15.4. The summed E-state index contributed by atoms with van der Waals surface area (Å²) in [5, 5.41) is 3.75. The van der Waals surface area contributed by atoms with Crippen LogP contribution in [0.15, 0.2) is 71.3 Å². The zero-order chi connectivity index (χ0) is 17.1. The summed E-state index contributed by atoms with van der Waals surface area (Å²) in [5.74, 6) is 2.02. The SMILES string of the molecule is C1=CCC2C(=C1)NC1C=CC(N3C4=C(CCCC4)C4CCC=CC43)=CC12. The Morgan fingerprint density at radius 2 is 2.00 bits per heavy atom. The Balaban J connectivity index is 1.39. The highest BCUT2D eigenvalue weighted by atomic mass is 15.2. The summed E-state index contributed by atoms with van der Waals surface area (Å²) in [6.45, 7) is 0. The zero-order valence-corrected chi connectivity index (χ0v) is 15.4. The smallest absolute Gasteiger partial charge is 0.0585 e. The fraction of sp³-hybridized carbons (Fsp3) is 0.500. The second-order valence-corrected chi connectivity index (χ2v) is 8.74. The van der Waals surface area contributed by atoms with Gasteiger partial charge in [0.2, 0.25) is 0 Å². The normalized spacial score (nSPS) is 39.7. The third-order valence-corrected chi connectivity index (χ3v) is 7.44. The molecule has 0 spiro atoms. The quantitative estimate of drug-likeness (QED) is 0.676. The van der Waals surface area contributed by atoms with E-state index in [2.05, 4.69) is 58.8 Å². The molecule has 0 saturated carbocycles. The molecule has 1 fully saturated rings. The van der Waals surface area contributed by atoms with E-state index < -0.39 is 0 Å². The van der Waals surface area contributed by atoms with Crippen LogP contribution in [0, 0.1) is 17.8 Å². The van der Waals surface area contributed by atoms with Crippen LogP contribution in [-0.2, 0) is 0 Å². The van der Waals surface area contributed by atoms with Crippen molar-refractivity contribution in [2.45, 2.75) is 57.0 Å². The van der Waals surface area contributed by atoms with Crippen molar-refractivity contribution in [1.82, 2.24) is 10.2 Å². The molecule has 2 heteroatoms. The van der Waals surface area contributed by atoms with E-state index in [0.717, 1.165) is 5.92 Å². The van der Waals surface area contributed by atoms with Gasteiger partial charge in [0.25, 0.3) is 0 Å². The molecule has 5 unspecified atom stereocenters. The first-order valence-corrected chi connectivity index (χ1v) is 10.6. The maximum absolute atomic E-state index is 3.75. The summed E-state index contributed by atoms with van der Waals surface area (Å²) in [7, 11) is 0. The molecule has 0 bridgehead atoms. The molecule has 0 radical (unpaired) electrons. The van der Waals surface area contributed by atoms with Gasteiger partial charge in [-0.1, -0.05) is 36.5 Å². The molecule has 1 N–H and O–H groups in total. The van der Waals surface area contributed by atoms with E-state index in [4.69, 9.17) is 0 Å². The molecular formula is C24H28N2. The van der Waals surface area contributed by atoms with Crippen molar-refractivity contribution in [2.24, 2.45) is 17.8 Å². The molecular weight excluding hydrogens is 316 g/mol. The van der Waals surface area contributed by atoms with Crippen LogP contribution in [-0.4, -0.2) is 17.0 Å². The molecule has 2 nitrogen and oxygen atoms in total. The predicted octanol–water partition coefficient (Wildman–Crippen LogP) is 4.97. The van der Waals surface area contributed by atoms with Crippen LogP contribution in [0.5, 0.6) is 0 Å². The van der Waals surface area contributed by atoms with Crippen molar-refractivity contribution in [3.63, 3.8) is 0 Å². The number of hydrogen-bond donors (Lipinski definition) is 1. The number of nitrogens with zero attached hydrogens (tertiary/aromatic N) is 1. The van der Waals surface area contributed by atoms with Gasteiger partial charge in [-0.3, -0.25) is 0 Å². The summed E-state index contributed by atoms with van der Waals surface area (Å²) in [4.78, 5) is 2.74. The minimum atomic E-state index is 0.481. The number of allylic oxidation sites excluding steroid dienone is 7. The largest absolute Gasteiger partial charge is 0.381 e. The van der Waals surface area contributed by atoms with E-state index in [0.29, 0.717) is 23.9 Å². The Hall–Kier alpha value is -1.96. The van der Waals surface area contributed by atoms with Crippen molar-refractivity contribution < 1.29 is 0 Å². The summed E-state index contributed by atoms with van der Waals surface area (Å²) in [6.07, 6.45) is 28.4. The highest BCUT2D eigenvalue weighted by Crippen LogP contribution is 2.49. The maximum atomic E-state index is 3.75. The summed E-state index contributed by atoms with van der Waals surface area (Å²) < 4.78 is 0. The molecule has 0 aromatic heterocycles. The lowest BCUT2D eigenvalue weighted by molar-refractivity contribution is 0.317. The van der Waals surface area contributed by atoms with Gasteiger partial charge in [-0.25, -0.2) is 0 Å². The van der Waals surface area contributed by atoms with Gasteiger partial charge < -0.3 is 10.2 Å². The summed E-state index contributed by atoms with van der Waals surface area (Å²) in [6, 6.07) is 1.06. The van der Waals surface area contributed by atoms with Gasteiger partial charge in [0.15, 0.2) is 0 Å². The van der Waals surface area contributed by atoms with Crippen molar-refractivity contribution in [2.75, 3.05) is 0 Å². The van der Waals surface area contributed by atoms with Crippen LogP contribution in [0.2, 0.25) is 0 Å². The van der Waals surface area contributed by atoms with Crippen molar-refractivity contribution >= 4 is 0 Å². The van der Waals surface area contributed by atoms with Gasteiger partial charge in [-0.2, -0.15) is 0 Å². The van der Waals surface area contributed by atoms with Crippen LogP contribution >= 0.6 is 0 Å². The van der Waals surface area contributed by atoms with E-state index in [1.807, 2.05) is 0 Å². The van der Waals surface area contributed by atoms with Gasteiger partial charge >= 0.3 is 0 Å². The Kier molecular flexibility index (Phi) is 3.36. The van der Waals surface area contributed by atoms with Crippen molar-refractivity contribution in [3.8, 4) is 0 Å². The molecule has 0 aromatic rings. The fourth-order valence-corrected chi connectivity index (χ4v) is 6.28. The van der Waals surface area contributed by atoms with E-state index in [1.54, 1.807) is 11.3 Å². The van der Waals surface area contributed by atoms with E-state index in [1.165, 1.54) is 56.3 Å². The third kappa shape index (κ3) is 2.11. The molecule has 5 atom stereocenters. The predicted molar refractivity (Wildman–Crippen MR) is 106 cm³/mol. The first kappa shape index (κ1) is 15.1. The lowest BCUT2D eigenvalue weighted by atomic mass is 9.81. The Morgan fingerprint density at radius 3 is 3.00 bits per heavy atom. The minimum absolute atomic E-state index is 0.481. The van der Waals surface area contributed by atoms with Crippen LogP contribution in [0.25, 0.3) is 0 Å². The van der Waals surface area contributed by atoms with Gasteiger partial charge in [0.05, 0.1) is 12.1 Å². The number of fused-ring (bicyclic) bond motifs is 5. The van der Waals surface area contributed by atoms with Gasteiger partial charge in [0.1, 0.15) is 0 Å². The lowest BCUT2D eigenvalue weighted by Crippen LogP contribution is -2.35. The van der Waals surface area contributed by atoms with Gasteiger partial charge in [-0.05, 0) is 62.7 Å². The Morgan fingerprint density at radius 1 is 1.04 bits per heavy atom. The second-order valence-electron chi connectivity index (χ2n) is 8.74.